The van der Waals surface area contributed by atoms with Crippen LogP contribution in [0.4, 0.5) is 5.13 Å². The van der Waals surface area contributed by atoms with Crippen LogP contribution in [0.1, 0.15) is 24.2 Å². The van der Waals surface area contributed by atoms with Gasteiger partial charge in [-0.15, -0.1) is 11.8 Å². The molecule has 0 fully saturated rings. The summed E-state index contributed by atoms with van der Waals surface area (Å²) in [7, 11) is 0. The number of hydrogen-bond donors (Lipinski definition) is 1. The molecule has 0 aliphatic heterocycles. The molecular weight excluding hydrogens is 312 g/mol. The number of anilines is 1. The number of para-hydroxylation sites is 1. The molecule has 0 bridgehead atoms. The van der Waals surface area contributed by atoms with Crippen LogP contribution >= 0.6 is 23.1 Å². The molecule has 0 aliphatic carbocycles. The number of nitrogens with zero attached hydrogens (tertiary/aromatic N) is 1. The summed E-state index contributed by atoms with van der Waals surface area (Å²) in [5, 5.41) is 4.03. The fourth-order valence-electron chi connectivity index (χ4n) is 2.05. The molecule has 0 saturated heterocycles. The Morgan fingerprint density at radius 2 is 1.86 bits per heavy atom. The number of carbonyl (C=O) groups excluding carboxylic acids is 1. The Hall–Kier alpha value is -1.85. The maximum Gasteiger partial charge on any atom is 0.257 e. The molecule has 0 atom stereocenters. The molecule has 1 amide bonds. The molecule has 0 spiro atoms. The summed E-state index contributed by atoms with van der Waals surface area (Å²) in [5.74, 6) is -0.125. The third kappa shape index (κ3) is 3.48. The van der Waals surface area contributed by atoms with Crippen LogP contribution in [0.2, 0.25) is 0 Å². The molecule has 1 aromatic heterocycles. The molecule has 3 aromatic rings. The first-order chi connectivity index (χ1) is 10.6. The normalized spacial score (nSPS) is 11.0. The average molecular weight is 328 g/mol. The van der Waals surface area contributed by atoms with Crippen molar-refractivity contribution in [3.63, 3.8) is 0 Å². The third-order valence-electron chi connectivity index (χ3n) is 3.00. The third-order valence-corrected chi connectivity index (χ3v) is 4.97. The molecule has 5 heteroatoms. The van der Waals surface area contributed by atoms with Crippen molar-refractivity contribution in [2.75, 3.05) is 5.32 Å². The van der Waals surface area contributed by atoms with Gasteiger partial charge in [0.25, 0.3) is 5.91 Å². The molecular formula is C17H16N2OS2. The van der Waals surface area contributed by atoms with Gasteiger partial charge in [-0.1, -0.05) is 37.3 Å². The molecule has 0 radical (unpaired) electrons. The van der Waals surface area contributed by atoms with E-state index >= 15 is 0 Å². The van der Waals surface area contributed by atoms with Gasteiger partial charge in [-0.2, -0.15) is 0 Å². The van der Waals surface area contributed by atoms with Gasteiger partial charge in [0.05, 0.1) is 10.2 Å². The van der Waals surface area contributed by atoms with Gasteiger partial charge in [0, 0.05) is 15.7 Å². The number of nitrogens with one attached hydrogen (secondary N) is 1. The van der Waals surface area contributed by atoms with Crippen molar-refractivity contribution in [3.8, 4) is 0 Å². The zero-order valence-electron chi connectivity index (χ0n) is 12.4. The molecule has 1 N–H and O–H groups in total. The molecule has 0 saturated carbocycles. The van der Waals surface area contributed by atoms with Crippen LogP contribution in [0, 0.1) is 0 Å². The van der Waals surface area contributed by atoms with E-state index in [1.807, 2.05) is 48.5 Å². The van der Waals surface area contributed by atoms with Gasteiger partial charge in [-0.05, 0) is 36.4 Å². The number of rotatable bonds is 4. The molecule has 0 aliphatic rings. The maximum atomic E-state index is 12.3. The first-order valence-corrected chi connectivity index (χ1v) is 8.75. The van der Waals surface area contributed by atoms with E-state index in [9.17, 15) is 4.79 Å². The molecule has 2 aromatic carbocycles. The van der Waals surface area contributed by atoms with E-state index in [-0.39, 0.29) is 5.91 Å². The number of thioether (sulfide) groups is 1. The number of fused-ring (bicyclic) bond motifs is 1. The lowest BCUT2D eigenvalue weighted by atomic mass is 10.2. The van der Waals surface area contributed by atoms with Crippen molar-refractivity contribution in [1.82, 2.24) is 4.98 Å². The highest BCUT2D eigenvalue weighted by Gasteiger charge is 2.10. The molecule has 3 rings (SSSR count). The monoisotopic (exact) mass is 328 g/mol. The second-order valence-electron chi connectivity index (χ2n) is 5.13. The Bertz CT molecular complexity index is 761. The zero-order valence-corrected chi connectivity index (χ0v) is 14.0. The Balaban J connectivity index is 1.73. The van der Waals surface area contributed by atoms with E-state index in [1.54, 1.807) is 11.8 Å². The second kappa shape index (κ2) is 6.50. The Kier molecular flexibility index (Phi) is 4.45. The van der Waals surface area contributed by atoms with Crippen molar-refractivity contribution in [3.05, 3.63) is 54.1 Å². The number of aromatic nitrogens is 1. The minimum Gasteiger partial charge on any atom is -0.298 e. The van der Waals surface area contributed by atoms with Crippen molar-refractivity contribution >= 4 is 44.4 Å². The SMILES string of the molecule is CC(C)Sc1ccc(C(=O)Nc2nc3ccccc3s2)cc1. The van der Waals surface area contributed by atoms with Gasteiger partial charge in [-0.3, -0.25) is 10.1 Å². The largest absolute Gasteiger partial charge is 0.298 e. The van der Waals surface area contributed by atoms with Crippen LogP contribution in [-0.4, -0.2) is 16.1 Å². The highest BCUT2D eigenvalue weighted by Crippen LogP contribution is 2.26. The van der Waals surface area contributed by atoms with Gasteiger partial charge in [-0.25, -0.2) is 4.98 Å². The number of thiazole rings is 1. The highest BCUT2D eigenvalue weighted by molar-refractivity contribution is 7.99. The van der Waals surface area contributed by atoms with Crippen molar-refractivity contribution < 1.29 is 4.79 Å². The molecule has 112 valence electrons. The van der Waals surface area contributed by atoms with Gasteiger partial charge >= 0.3 is 0 Å². The van der Waals surface area contributed by atoms with Crippen LogP contribution in [0.5, 0.6) is 0 Å². The van der Waals surface area contributed by atoms with Crippen molar-refractivity contribution in [1.29, 1.82) is 0 Å². The quantitative estimate of drug-likeness (QED) is 0.682. The van der Waals surface area contributed by atoms with E-state index in [4.69, 9.17) is 0 Å². The van der Waals surface area contributed by atoms with Crippen LogP contribution in [-0.2, 0) is 0 Å². The highest BCUT2D eigenvalue weighted by atomic mass is 32.2. The summed E-state index contributed by atoms with van der Waals surface area (Å²) < 4.78 is 1.07. The average Bonchev–Trinajstić information content (AvgIpc) is 2.89. The Labute approximate surface area is 137 Å². The number of carbonyl (C=O) groups is 1. The summed E-state index contributed by atoms with van der Waals surface area (Å²) in [4.78, 5) is 17.9. The van der Waals surface area contributed by atoms with E-state index in [0.29, 0.717) is 15.9 Å². The van der Waals surface area contributed by atoms with Gasteiger partial charge in [0.2, 0.25) is 0 Å². The van der Waals surface area contributed by atoms with Gasteiger partial charge in [0.15, 0.2) is 5.13 Å². The fraction of sp³-hybridized carbons (Fsp3) is 0.176. The topological polar surface area (TPSA) is 42.0 Å². The zero-order chi connectivity index (χ0) is 15.5. The number of hydrogen-bond acceptors (Lipinski definition) is 4. The predicted octanol–water partition coefficient (Wildman–Crippen LogP) is 5.05. The lowest BCUT2D eigenvalue weighted by Crippen LogP contribution is -2.11. The summed E-state index contributed by atoms with van der Waals surface area (Å²) in [6.07, 6.45) is 0. The summed E-state index contributed by atoms with van der Waals surface area (Å²) in [6.45, 7) is 4.30. The van der Waals surface area contributed by atoms with Gasteiger partial charge in [0.1, 0.15) is 0 Å². The smallest absolute Gasteiger partial charge is 0.257 e. The van der Waals surface area contributed by atoms with E-state index in [1.165, 1.54) is 16.2 Å². The van der Waals surface area contributed by atoms with E-state index in [2.05, 4.69) is 24.1 Å². The fourth-order valence-corrected chi connectivity index (χ4v) is 3.75. The summed E-state index contributed by atoms with van der Waals surface area (Å²) in [6, 6.07) is 15.5. The molecule has 1 heterocycles. The molecule has 22 heavy (non-hydrogen) atoms. The minimum absolute atomic E-state index is 0.125. The first-order valence-electron chi connectivity index (χ1n) is 7.05. The standard InChI is InChI=1S/C17H16N2OS2/c1-11(2)21-13-9-7-12(8-10-13)16(20)19-17-18-14-5-3-4-6-15(14)22-17/h3-11H,1-2H3,(H,18,19,20). The Morgan fingerprint density at radius 3 is 2.55 bits per heavy atom. The number of benzene rings is 2. The maximum absolute atomic E-state index is 12.3. The Morgan fingerprint density at radius 1 is 1.14 bits per heavy atom. The van der Waals surface area contributed by atoms with Crippen molar-refractivity contribution in [2.24, 2.45) is 0 Å². The lowest BCUT2D eigenvalue weighted by molar-refractivity contribution is 0.102. The van der Waals surface area contributed by atoms with Crippen LogP contribution < -0.4 is 5.32 Å². The molecule has 0 unspecified atom stereocenters. The number of amides is 1. The van der Waals surface area contributed by atoms with Crippen LogP contribution in [0.15, 0.2) is 53.4 Å². The summed E-state index contributed by atoms with van der Waals surface area (Å²) in [5.41, 5.74) is 1.55. The summed E-state index contributed by atoms with van der Waals surface area (Å²) >= 11 is 3.27. The van der Waals surface area contributed by atoms with Crippen LogP contribution in [0.3, 0.4) is 0 Å². The lowest BCUT2D eigenvalue weighted by Gasteiger charge is -2.06. The van der Waals surface area contributed by atoms with Crippen molar-refractivity contribution in [2.45, 2.75) is 24.0 Å². The first kappa shape index (κ1) is 15.1. The van der Waals surface area contributed by atoms with Gasteiger partial charge < -0.3 is 0 Å². The predicted molar refractivity (Wildman–Crippen MR) is 95.0 cm³/mol. The molecule has 3 nitrogen and oxygen atoms in total. The minimum atomic E-state index is -0.125. The van der Waals surface area contributed by atoms with E-state index in [0.717, 1.165) is 10.2 Å². The van der Waals surface area contributed by atoms with E-state index < -0.39 is 0 Å². The van der Waals surface area contributed by atoms with Crippen LogP contribution in [0.25, 0.3) is 10.2 Å². The second-order valence-corrected chi connectivity index (χ2v) is 7.81.